The van der Waals surface area contributed by atoms with E-state index in [2.05, 4.69) is 0 Å². The molecule has 74 valence electrons. The van der Waals surface area contributed by atoms with Gasteiger partial charge in [-0.25, -0.2) is 0 Å². The number of ether oxygens (including phenoxy) is 3. The first-order chi connectivity index (χ1) is 6.24. The summed E-state index contributed by atoms with van der Waals surface area (Å²) in [7, 11) is 8.56. The van der Waals surface area contributed by atoms with E-state index in [1.165, 1.54) is 7.11 Å². The summed E-state index contributed by atoms with van der Waals surface area (Å²) in [5.41, 5.74) is 0. The van der Waals surface area contributed by atoms with Crippen molar-refractivity contribution in [2.45, 2.75) is 30.7 Å². The van der Waals surface area contributed by atoms with E-state index in [0.29, 0.717) is 12.9 Å². The van der Waals surface area contributed by atoms with Crippen molar-refractivity contribution < 1.29 is 19.3 Å². The largest absolute Gasteiger partial charge is 0.387 e. The van der Waals surface area contributed by atoms with Crippen LogP contribution in [0.1, 0.15) is 0 Å². The van der Waals surface area contributed by atoms with Gasteiger partial charge in [0.2, 0.25) is 0 Å². The van der Waals surface area contributed by atoms with Crippen molar-refractivity contribution in [3.63, 3.8) is 0 Å². The molecule has 0 saturated carbocycles. The van der Waals surface area contributed by atoms with Gasteiger partial charge >= 0.3 is 0 Å². The molecule has 1 rings (SSSR count). The molecule has 0 amide bonds. The van der Waals surface area contributed by atoms with Crippen LogP contribution in [-0.4, -0.2) is 58.2 Å². The smallest absolute Gasteiger partial charge is 0.111 e. The molecule has 1 aliphatic heterocycles. The Balaban J connectivity index is 2.54. The van der Waals surface area contributed by atoms with Crippen molar-refractivity contribution in [2.24, 2.45) is 0 Å². The molecule has 2 radical (unpaired) electrons. The lowest BCUT2D eigenvalue weighted by Crippen LogP contribution is -2.35. The lowest BCUT2D eigenvalue weighted by Gasteiger charge is -2.17. The Hall–Kier alpha value is -0.0951. The number of rotatable bonds is 4. The minimum absolute atomic E-state index is 0.236. The second-order valence-electron chi connectivity index (χ2n) is 3.09. The predicted octanol–water partition coefficient (Wildman–Crippen LogP) is -0.637. The maximum absolute atomic E-state index is 9.70. The first kappa shape index (κ1) is 11.0. The Morgan fingerprint density at radius 1 is 1.38 bits per heavy atom. The van der Waals surface area contributed by atoms with Gasteiger partial charge in [0.15, 0.2) is 0 Å². The van der Waals surface area contributed by atoms with Crippen molar-refractivity contribution in [2.75, 3.05) is 20.8 Å². The fraction of sp³-hybridized carbons (Fsp3) is 1.00. The molecule has 0 aromatic rings. The summed E-state index contributed by atoms with van der Waals surface area (Å²) >= 11 is 0. The monoisotopic (exact) mass is 186 g/mol. The average Bonchev–Trinajstić information content (AvgIpc) is 2.44. The predicted molar refractivity (Wildman–Crippen MR) is 47.9 cm³/mol. The maximum Gasteiger partial charge on any atom is 0.111 e. The van der Waals surface area contributed by atoms with Gasteiger partial charge in [-0.05, 0) is 0 Å². The summed E-state index contributed by atoms with van der Waals surface area (Å²) in [5, 5.41) is 9.70. The van der Waals surface area contributed by atoms with Crippen molar-refractivity contribution in [3.8, 4) is 0 Å². The Morgan fingerprint density at radius 3 is 2.46 bits per heavy atom. The molecule has 4 atom stereocenters. The number of aliphatic hydroxyl groups is 1. The van der Waals surface area contributed by atoms with Crippen molar-refractivity contribution in [3.05, 3.63) is 0 Å². The number of hydrogen-bond acceptors (Lipinski definition) is 4. The Kier molecular flexibility index (Phi) is 4.19. The van der Waals surface area contributed by atoms with Gasteiger partial charge in [0.05, 0.1) is 20.6 Å². The second-order valence-corrected chi connectivity index (χ2v) is 3.09. The lowest BCUT2D eigenvalue weighted by atomic mass is 9.94. The van der Waals surface area contributed by atoms with Gasteiger partial charge in [-0.2, -0.15) is 0 Å². The maximum atomic E-state index is 9.70. The van der Waals surface area contributed by atoms with Crippen LogP contribution < -0.4 is 0 Å². The number of methoxy groups -OCH3 is 2. The summed E-state index contributed by atoms with van der Waals surface area (Å²) in [4.78, 5) is 0. The highest BCUT2D eigenvalue weighted by Gasteiger charge is 2.42. The zero-order valence-corrected chi connectivity index (χ0v) is 7.97. The first-order valence-corrected chi connectivity index (χ1v) is 4.30. The molecule has 1 saturated heterocycles. The van der Waals surface area contributed by atoms with E-state index in [1.54, 1.807) is 7.11 Å². The first-order valence-electron chi connectivity index (χ1n) is 4.30. The molecule has 0 aliphatic carbocycles. The minimum Gasteiger partial charge on any atom is -0.387 e. The van der Waals surface area contributed by atoms with Crippen LogP contribution in [0.4, 0.5) is 0 Å². The minimum atomic E-state index is -0.654. The molecule has 0 spiro atoms. The zero-order valence-electron chi connectivity index (χ0n) is 7.97. The van der Waals surface area contributed by atoms with E-state index >= 15 is 0 Å². The standard InChI is InChI=1S/C8H15BO4/c1-11-4-6-7(10)8(12-2)5(3-9)13-6/h5-8,10H,3-4H2,1-2H3. The molecule has 0 bridgehead atoms. The van der Waals surface area contributed by atoms with Crippen LogP contribution in [-0.2, 0) is 14.2 Å². The molecule has 5 heteroatoms. The normalized spacial score (nSPS) is 39.6. The fourth-order valence-electron chi connectivity index (χ4n) is 1.60. The molecule has 1 fully saturated rings. The van der Waals surface area contributed by atoms with E-state index < -0.39 is 6.10 Å². The highest BCUT2D eigenvalue weighted by Crippen LogP contribution is 2.25. The van der Waals surface area contributed by atoms with E-state index in [1.807, 2.05) is 0 Å². The van der Waals surface area contributed by atoms with Gasteiger partial charge in [0.25, 0.3) is 0 Å². The summed E-state index contributed by atoms with van der Waals surface area (Å²) in [6, 6.07) is 0. The third-order valence-electron chi connectivity index (χ3n) is 2.27. The van der Waals surface area contributed by atoms with Gasteiger partial charge in [0.1, 0.15) is 18.3 Å². The number of hydrogen-bond donors (Lipinski definition) is 1. The molecule has 0 aromatic heterocycles. The number of aliphatic hydroxyl groups excluding tert-OH is 1. The van der Waals surface area contributed by atoms with Crippen LogP contribution in [0.2, 0.25) is 6.32 Å². The SMILES string of the molecule is [B]CC1OC(COC)C(O)C1OC. The van der Waals surface area contributed by atoms with Crippen LogP contribution in [0.25, 0.3) is 0 Å². The van der Waals surface area contributed by atoms with Crippen molar-refractivity contribution in [1.29, 1.82) is 0 Å². The Morgan fingerprint density at radius 2 is 2.08 bits per heavy atom. The molecular weight excluding hydrogens is 171 g/mol. The van der Waals surface area contributed by atoms with Gasteiger partial charge in [-0.3, -0.25) is 0 Å². The van der Waals surface area contributed by atoms with Crippen LogP contribution in [0.3, 0.4) is 0 Å². The molecule has 1 heterocycles. The van der Waals surface area contributed by atoms with E-state index in [4.69, 9.17) is 22.1 Å². The highest BCUT2D eigenvalue weighted by atomic mass is 16.6. The summed E-state index contributed by atoms with van der Waals surface area (Å²) in [5.74, 6) is 0. The van der Waals surface area contributed by atoms with Crippen LogP contribution in [0.5, 0.6) is 0 Å². The van der Waals surface area contributed by atoms with E-state index in [-0.39, 0.29) is 18.3 Å². The zero-order chi connectivity index (χ0) is 9.84. The molecular formula is C8H15BO4. The van der Waals surface area contributed by atoms with Crippen LogP contribution >= 0.6 is 0 Å². The van der Waals surface area contributed by atoms with Crippen LogP contribution in [0, 0.1) is 0 Å². The molecule has 1 N–H and O–H groups in total. The molecule has 4 unspecified atom stereocenters. The Bertz CT molecular complexity index is 155. The van der Waals surface area contributed by atoms with Crippen molar-refractivity contribution in [1.82, 2.24) is 0 Å². The summed E-state index contributed by atoms with van der Waals surface area (Å²) in [6.45, 7) is 0.359. The van der Waals surface area contributed by atoms with E-state index in [9.17, 15) is 5.11 Å². The van der Waals surface area contributed by atoms with Crippen molar-refractivity contribution >= 4 is 7.85 Å². The average molecular weight is 186 g/mol. The lowest BCUT2D eigenvalue weighted by molar-refractivity contribution is -0.0291. The topological polar surface area (TPSA) is 47.9 Å². The summed E-state index contributed by atoms with van der Waals surface area (Å²) < 4.78 is 15.4. The molecule has 4 nitrogen and oxygen atoms in total. The second kappa shape index (κ2) is 4.95. The Labute approximate surface area is 79.6 Å². The van der Waals surface area contributed by atoms with Crippen LogP contribution in [0.15, 0.2) is 0 Å². The van der Waals surface area contributed by atoms with E-state index in [0.717, 1.165) is 0 Å². The van der Waals surface area contributed by atoms with Gasteiger partial charge in [-0.15, -0.1) is 0 Å². The molecule has 13 heavy (non-hydrogen) atoms. The van der Waals surface area contributed by atoms with Gasteiger partial charge < -0.3 is 19.3 Å². The van der Waals surface area contributed by atoms with Gasteiger partial charge in [-0.1, -0.05) is 6.32 Å². The third-order valence-corrected chi connectivity index (χ3v) is 2.27. The molecule has 0 aromatic carbocycles. The van der Waals surface area contributed by atoms with Gasteiger partial charge in [0, 0.05) is 14.2 Å². The molecule has 1 aliphatic rings. The highest BCUT2D eigenvalue weighted by molar-refractivity contribution is 6.08. The summed E-state index contributed by atoms with van der Waals surface area (Å²) in [6.07, 6.45) is -1.22. The fourth-order valence-corrected chi connectivity index (χ4v) is 1.60. The quantitative estimate of drug-likeness (QED) is 0.593. The third kappa shape index (κ3) is 2.23.